The van der Waals surface area contributed by atoms with Gasteiger partial charge in [-0.2, -0.15) is 0 Å². The summed E-state index contributed by atoms with van der Waals surface area (Å²) in [6, 6.07) is 0. The molecule has 1 aliphatic heterocycles. The molecule has 0 fully saturated rings. The molecule has 0 N–H and O–H groups in total. The molecule has 0 spiro atoms. The molecule has 0 nitrogen and oxygen atoms in total. The normalized spacial score (nSPS) is 37.6. The van der Waals surface area contributed by atoms with Crippen molar-refractivity contribution in [3.05, 3.63) is 10.8 Å². The number of hydrogen-bond acceptors (Lipinski definition) is 1. The first-order valence-corrected chi connectivity index (χ1v) is 6.57. The number of halogens is 1. The van der Waals surface area contributed by atoms with Crippen LogP contribution >= 0.6 is 30.3 Å². The summed E-state index contributed by atoms with van der Waals surface area (Å²) in [5.74, 6) is 2.12. The van der Waals surface area contributed by atoms with Crippen LogP contribution in [0.4, 0.5) is 0 Å². The second-order valence-corrected chi connectivity index (χ2v) is 8.62. The van der Waals surface area contributed by atoms with Crippen LogP contribution in [0.2, 0.25) is 0 Å². The van der Waals surface area contributed by atoms with E-state index in [9.17, 15) is 0 Å². The van der Waals surface area contributed by atoms with Crippen molar-refractivity contribution in [1.82, 2.24) is 0 Å². The molecule has 1 atom stereocenters. The van der Waals surface area contributed by atoms with Gasteiger partial charge < -0.3 is 0 Å². The third kappa shape index (κ3) is 1.65. The SMILES string of the molecule is C[P+]1(S)C=C(Cl)CC1. The Bertz CT molecular complexity index is 130. The Hall–Kier alpha value is 0.810. The summed E-state index contributed by atoms with van der Waals surface area (Å²) >= 11 is 10.2. The lowest BCUT2D eigenvalue weighted by molar-refractivity contribution is 1.24. The van der Waals surface area contributed by atoms with Crippen LogP contribution in [-0.2, 0) is 0 Å². The molecule has 0 saturated heterocycles. The van der Waals surface area contributed by atoms with E-state index in [2.05, 4.69) is 24.7 Å². The molecule has 0 amide bonds. The lowest BCUT2D eigenvalue weighted by atomic mass is 10.5. The number of rotatable bonds is 0. The van der Waals surface area contributed by atoms with E-state index >= 15 is 0 Å². The van der Waals surface area contributed by atoms with Gasteiger partial charge >= 0.3 is 0 Å². The van der Waals surface area contributed by atoms with Gasteiger partial charge in [0.1, 0.15) is 0 Å². The van der Waals surface area contributed by atoms with Crippen molar-refractivity contribution >= 4 is 30.3 Å². The van der Waals surface area contributed by atoms with Crippen molar-refractivity contribution in [3.8, 4) is 0 Å². The Labute approximate surface area is 60.8 Å². The zero-order valence-electron chi connectivity index (χ0n) is 4.76. The number of thiol groups is 1. The summed E-state index contributed by atoms with van der Waals surface area (Å²) in [6.45, 7) is 1.24. The summed E-state index contributed by atoms with van der Waals surface area (Å²) in [4.78, 5) is 0. The van der Waals surface area contributed by atoms with E-state index in [4.69, 9.17) is 11.6 Å². The molecule has 0 aromatic rings. The minimum absolute atomic E-state index is 0.949. The lowest BCUT2D eigenvalue weighted by Crippen LogP contribution is -1.75. The van der Waals surface area contributed by atoms with Gasteiger partial charge in [0.25, 0.3) is 0 Å². The molecule has 0 radical (unpaired) electrons. The van der Waals surface area contributed by atoms with Crippen molar-refractivity contribution in [2.75, 3.05) is 12.8 Å². The number of allylic oxidation sites excluding steroid dienone is 1. The molecule has 46 valence electrons. The second kappa shape index (κ2) is 2.21. The predicted octanol–water partition coefficient (Wildman–Crippen LogP) is 2.96. The first-order valence-electron chi connectivity index (χ1n) is 2.55. The molecule has 8 heavy (non-hydrogen) atoms. The van der Waals surface area contributed by atoms with Crippen LogP contribution in [-0.4, -0.2) is 12.8 Å². The minimum atomic E-state index is -0.949. The van der Waals surface area contributed by atoms with Gasteiger partial charge in [0.05, 0.1) is 30.1 Å². The first-order chi connectivity index (χ1) is 3.60. The lowest BCUT2D eigenvalue weighted by Gasteiger charge is -2.00. The summed E-state index contributed by atoms with van der Waals surface area (Å²) in [6.07, 6.45) is 2.24. The maximum atomic E-state index is 5.74. The van der Waals surface area contributed by atoms with Gasteiger partial charge in [0, 0.05) is 18.7 Å². The van der Waals surface area contributed by atoms with E-state index in [1.807, 2.05) is 0 Å². The molecule has 0 bridgehead atoms. The molecule has 0 aliphatic carbocycles. The van der Waals surface area contributed by atoms with E-state index in [1.165, 1.54) is 6.16 Å². The Morgan fingerprint density at radius 1 is 1.88 bits per heavy atom. The average Bonchev–Trinajstić information content (AvgIpc) is 1.82. The highest BCUT2D eigenvalue weighted by Crippen LogP contribution is 2.66. The van der Waals surface area contributed by atoms with Crippen molar-refractivity contribution in [3.63, 3.8) is 0 Å². The third-order valence-corrected chi connectivity index (χ3v) is 4.62. The molecular weight excluding hydrogens is 159 g/mol. The van der Waals surface area contributed by atoms with Crippen LogP contribution in [0.1, 0.15) is 6.42 Å². The summed E-state index contributed by atoms with van der Waals surface area (Å²) in [5, 5.41) is 1.01. The predicted molar refractivity (Wildman–Crippen MR) is 45.3 cm³/mol. The van der Waals surface area contributed by atoms with Crippen LogP contribution in [0.5, 0.6) is 0 Å². The maximum absolute atomic E-state index is 5.74. The average molecular weight is 168 g/mol. The van der Waals surface area contributed by atoms with E-state index < -0.39 is 6.46 Å². The van der Waals surface area contributed by atoms with Crippen LogP contribution in [0.15, 0.2) is 10.8 Å². The van der Waals surface area contributed by atoms with Crippen LogP contribution in [0.3, 0.4) is 0 Å². The summed E-state index contributed by atoms with van der Waals surface area (Å²) in [5.41, 5.74) is 0. The fourth-order valence-corrected chi connectivity index (χ4v) is 4.11. The van der Waals surface area contributed by atoms with Gasteiger partial charge in [0.2, 0.25) is 0 Å². The van der Waals surface area contributed by atoms with Crippen molar-refractivity contribution in [2.24, 2.45) is 0 Å². The van der Waals surface area contributed by atoms with Gasteiger partial charge in [-0.3, -0.25) is 0 Å². The molecule has 1 unspecified atom stereocenters. The highest BCUT2D eigenvalue weighted by atomic mass is 35.5. The standard InChI is InChI=1S/C5H9ClPS/c1-7(8)3-2-5(6)4-7/h4,8H,2-3H2,1H3/q+1. The van der Waals surface area contributed by atoms with Gasteiger partial charge in [-0.15, -0.1) is 0 Å². The Balaban J connectivity index is 2.67. The van der Waals surface area contributed by atoms with Gasteiger partial charge in [-0.05, 0) is 0 Å². The number of hydrogen-bond donors (Lipinski definition) is 1. The van der Waals surface area contributed by atoms with E-state index in [-0.39, 0.29) is 0 Å². The molecule has 0 saturated carbocycles. The molecule has 0 aromatic carbocycles. The first kappa shape index (κ1) is 6.92. The summed E-state index contributed by atoms with van der Waals surface area (Å²) in [7, 11) is 0. The highest BCUT2D eigenvalue weighted by molar-refractivity contribution is 8.54. The van der Waals surface area contributed by atoms with Gasteiger partial charge in [0.15, 0.2) is 0 Å². The monoisotopic (exact) mass is 167 g/mol. The van der Waals surface area contributed by atoms with Crippen LogP contribution < -0.4 is 0 Å². The molecule has 1 aliphatic rings. The Kier molecular flexibility index (Phi) is 1.91. The molecule has 0 aromatic heterocycles. The second-order valence-electron chi connectivity index (χ2n) is 2.26. The van der Waals surface area contributed by atoms with Crippen LogP contribution in [0, 0.1) is 0 Å². The largest absolute Gasteiger partial charge is 0.0939 e. The van der Waals surface area contributed by atoms with Crippen molar-refractivity contribution in [2.45, 2.75) is 6.42 Å². The highest BCUT2D eigenvalue weighted by Gasteiger charge is 2.30. The van der Waals surface area contributed by atoms with Gasteiger partial charge in [-0.25, -0.2) is 0 Å². The maximum Gasteiger partial charge on any atom is 0.0939 e. The van der Waals surface area contributed by atoms with Crippen molar-refractivity contribution < 1.29 is 0 Å². The molecule has 1 heterocycles. The smallest absolute Gasteiger partial charge is 0.0854 e. The third-order valence-electron chi connectivity index (χ3n) is 1.22. The fraction of sp³-hybridized carbons (Fsp3) is 0.600. The molecular formula is C5H9ClPS+. The minimum Gasteiger partial charge on any atom is -0.0854 e. The molecule has 3 heteroatoms. The Morgan fingerprint density at radius 3 is 2.62 bits per heavy atom. The van der Waals surface area contributed by atoms with Crippen LogP contribution in [0.25, 0.3) is 0 Å². The summed E-state index contributed by atoms with van der Waals surface area (Å²) < 4.78 is 0. The quantitative estimate of drug-likeness (QED) is 0.416. The fourth-order valence-electron chi connectivity index (χ4n) is 0.764. The molecule has 1 rings (SSSR count). The zero-order chi connectivity index (χ0) is 6.20. The Morgan fingerprint density at radius 2 is 2.50 bits per heavy atom. The van der Waals surface area contributed by atoms with Crippen molar-refractivity contribution in [1.29, 1.82) is 0 Å². The van der Waals surface area contributed by atoms with E-state index in [0.717, 1.165) is 11.5 Å². The van der Waals surface area contributed by atoms with Gasteiger partial charge in [-0.1, -0.05) is 11.6 Å². The zero-order valence-corrected chi connectivity index (χ0v) is 7.31. The van der Waals surface area contributed by atoms with E-state index in [0.29, 0.717) is 0 Å². The topological polar surface area (TPSA) is 0 Å². The van der Waals surface area contributed by atoms with E-state index in [1.54, 1.807) is 0 Å².